The minimum absolute atomic E-state index is 0.180. The normalized spacial score (nSPS) is 14.1. The van der Waals surface area contributed by atoms with Gasteiger partial charge in [0.25, 0.3) is 5.91 Å². The Kier molecular flexibility index (Phi) is 5.35. The molecule has 0 radical (unpaired) electrons. The van der Waals surface area contributed by atoms with Crippen LogP contribution in [0.1, 0.15) is 35.3 Å². The first kappa shape index (κ1) is 18.6. The van der Waals surface area contributed by atoms with E-state index < -0.39 is 0 Å². The van der Waals surface area contributed by atoms with E-state index >= 15 is 0 Å². The SMILES string of the molecule is Cc1c(C(=O)Nc2cc(Cl)ccc2N2CCCCC2)cnn1-c1ccccc1. The first-order chi connectivity index (χ1) is 13.6. The molecule has 0 aliphatic carbocycles. The predicted molar refractivity (Wildman–Crippen MR) is 114 cm³/mol. The highest BCUT2D eigenvalue weighted by Crippen LogP contribution is 2.31. The second-order valence-corrected chi connectivity index (χ2v) is 7.49. The first-order valence-electron chi connectivity index (χ1n) is 9.59. The molecule has 2 aromatic carbocycles. The molecule has 0 unspecified atom stereocenters. The summed E-state index contributed by atoms with van der Waals surface area (Å²) in [4.78, 5) is 15.3. The van der Waals surface area contributed by atoms with Crippen LogP contribution in [0.25, 0.3) is 5.69 Å². The highest BCUT2D eigenvalue weighted by molar-refractivity contribution is 6.31. The molecular formula is C22H23ClN4O. The monoisotopic (exact) mass is 394 g/mol. The summed E-state index contributed by atoms with van der Waals surface area (Å²) >= 11 is 6.21. The molecule has 0 spiro atoms. The number of aromatic nitrogens is 2. The number of amides is 1. The lowest BCUT2D eigenvalue weighted by molar-refractivity contribution is 0.102. The predicted octanol–water partition coefficient (Wildman–Crippen LogP) is 5.08. The van der Waals surface area contributed by atoms with Crippen LogP contribution in [0.2, 0.25) is 5.02 Å². The lowest BCUT2D eigenvalue weighted by atomic mass is 10.1. The molecule has 6 heteroatoms. The number of hydrogen-bond donors (Lipinski definition) is 1. The molecule has 0 saturated carbocycles. The maximum atomic E-state index is 13.0. The molecule has 1 fully saturated rings. The Balaban J connectivity index is 1.61. The molecule has 28 heavy (non-hydrogen) atoms. The van der Waals surface area contributed by atoms with Crippen molar-refractivity contribution in [2.45, 2.75) is 26.2 Å². The van der Waals surface area contributed by atoms with E-state index in [0.29, 0.717) is 10.6 Å². The summed E-state index contributed by atoms with van der Waals surface area (Å²) < 4.78 is 1.78. The highest BCUT2D eigenvalue weighted by Gasteiger charge is 2.19. The Morgan fingerprint density at radius 3 is 2.57 bits per heavy atom. The quantitative estimate of drug-likeness (QED) is 0.671. The van der Waals surface area contributed by atoms with E-state index in [1.165, 1.54) is 19.3 Å². The number of nitrogens with zero attached hydrogens (tertiary/aromatic N) is 3. The van der Waals surface area contributed by atoms with Crippen LogP contribution in [-0.4, -0.2) is 28.8 Å². The number of carbonyl (C=O) groups is 1. The Morgan fingerprint density at radius 2 is 1.82 bits per heavy atom. The number of halogens is 1. The topological polar surface area (TPSA) is 50.2 Å². The number of para-hydroxylation sites is 1. The number of nitrogens with one attached hydrogen (secondary N) is 1. The number of hydrogen-bond acceptors (Lipinski definition) is 3. The van der Waals surface area contributed by atoms with Gasteiger partial charge < -0.3 is 10.2 Å². The fraction of sp³-hybridized carbons (Fsp3) is 0.273. The number of piperidine rings is 1. The standard InChI is InChI=1S/C22H23ClN4O/c1-16-19(15-24-27(16)18-8-4-2-5-9-18)22(28)25-20-14-17(23)10-11-21(20)26-12-6-3-7-13-26/h2,4-5,8-11,14-15H,3,6-7,12-13H2,1H3,(H,25,28). The summed E-state index contributed by atoms with van der Waals surface area (Å²) in [7, 11) is 0. The lowest BCUT2D eigenvalue weighted by Crippen LogP contribution is -2.30. The van der Waals surface area contributed by atoms with Gasteiger partial charge in [-0.1, -0.05) is 29.8 Å². The Morgan fingerprint density at radius 1 is 1.07 bits per heavy atom. The van der Waals surface area contributed by atoms with Gasteiger partial charge in [-0.05, 0) is 56.5 Å². The average Bonchev–Trinajstić information content (AvgIpc) is 3.11. The second kappa shape index (κ2) is 8.07. The molecule has 2 heterocycles. The molecule has 4 rings (SSSR count). The summed E-state index contributed by atoms with van der Waals surface area (Å²) in [5, 5.41) is 8.05. The molecule has 144 valence electrons. The highest BCUT2D eigenvalue weighted by atomic mass is 35.5. The summed E-state index contributed by atoms with van der Waals surface area (Å²) in [6, 6.07) is 15.5. The molecule has 0 atom stereocenters. The fourth-order valence-electron chi connectivity index (χ4n) is 3.67. The molecule has 3 aromatic rings. The Bertz CT molecular complexity index is 977. The van der Waals surface area contributed by atoms with E-state index in [2.05, 4.69) is 15.3 Å². The van der Waals surface area contributed by atoms with Crippen molar-refractivity contribution < 1.29 is 4.79 Å². The van der Waals surface area contributed by atoms with Crippen LogP contribution in [-0.2, 0) is 0 Å². The molecule has 1 saturated heterocycles. The van der Waals surface area contributed by atoms with Crippen LogP contribution in [0, 0.1) is 6.92 Å². The van der Waals surface area contributed by atoms with Crippen molar-refractivity contribution in [3.05, 3.63) is 71.0 Å². The van der Waals surface area contributed by atoms with Crippen molar-refractivity contribution in [2.24, 2.45) is 0 Å². The minimum atomic E-state index is -0.180. The zero-order valence-electron chi connectivity index (χ0n) is 15.9. The maximum Gasteiger partial charge on any atom is 0.259 e. The van der Waals surface area contributed by atoms with Crippen molar-refractivity contribution in [3.8, 4) is 5.69 Å². The van der Waals surface area contributed by atoms with Crippen molar-refractivity contribution in [3.63, 3.8) is 0 Å². The van der Waals surface area contributed by atoms with Crippen LogP contribution in [0.15, 0.2) is 54.7 Å². The maximum absolute atomic E-state index is 13.0. The van der Waals surface area contributed by atoms with Gasteiger partial charge in [0.05, 0.1) is 34.5 Å². The van der Waals surface area contributed by atoms with Gasteiger partial charge in [-0.15, -0.1) is 0 Å². The first-order valence-corrected chi connectivity index (χ1v) is 9.97. The minimum Gasteiger partial charge on any atom is -0.370 e. The molecule has 0 bridgehead atoms. The van der Waals surface area contributed by atoms with E-state index in [1.807, 2.05) is 55.5 Å². The zero-order chi connectivity index (χ0) is 19.5. The Labute approximate surface area is 169 Å². The van der Waals surface area contributed by atoms with Crippen molar-refractivity contribution in [1.82, 2.24) is 9.78 Å². The Hall–Kier alpha value is -2.79. The van der Waals surface area contributed by atoms with Crippen molar-refractivity contribution in [1.29, 1.82) is 0 Å². The van der Waals surface area contributed by atoms with Crippen LogP contribution < -0.4 is 10.2 Å². The molecule has 1 aromatic heterocycles. The third kappa shape index (κ3) is 3.76. The van der Waals surface area contributed by atoms with Crippen LogP contribution in [0.4, 0.5) is 11.4 Å². The summed E-state index contributed by atoms with van der Waals surface area (Å²) in [5.41, 5.74) is 4.03. The molecule has 1 amide bonds. The number of carbonyl (C=O) groups excluding carboxylic acids is 1. The average molecular weight is 395 g/mol. The van der Waals surface area contributed by atoms with Crippen LogP contribution >= 0.6 is 11.6 Å². The summed E-state index contributed by atoms with van der Waals surface area (Å²) in [6.45, 7) is 3.89. The van der Waals surface area contributed by atoms with Crippen molar-refractivity contribution in [2.75, 3.05) is 23.3 Å². The molecule has 1 aliphatic heterocycles. The van der Waals surface area contributed by atoms with E-state index in [9.17, 15) is 4.79 Å². The van der Waals surface area contributed by atoms with E-state index in [-0.39, 0.29) is 5.91 Å². The van der Waals surface area contributed by atoms with Gasteiger partial charge in [0.2, 0.25) is 0 Å². The van der Waals surface area contributed by atoms with E-state index in [4.69, 9.17) is 11.6 Å². The number of anilines is 2. The molecule has 5 nitrogen and oxygen atoms in total. The van der Waals surface area contributed by atoms with Gasteiger partial charge in [-0.25, -0.2) is 4.68 Å². The third-order valence-corrected chi connectivity index (χ3v) is 5.39. The molecular weight excluding hydrogens is 372 g/mol. The van der Waals surface area contributed by atoms with Crippen molar-refractivity contribution >= 4 is 28.9 Å². The summed E-state index contributed by atoms with van der Waals surface area (Å²) in [5.74, 6) is -0.180. The van der Waals surface area contributed by atoms with Gasteiger partial charge in [0.1, 0.15) is 0 Å². The van der Waals surface area contributed by atoms with Gasteiger partial charge in [-0.2, -0.15) is 5.10 Å². The zero-order valence-corrected chi connectivity index (χ0v) is 16.6. The fourth-order valence-corrected chi connectivity index (χ4v) is 3.84. The van der Waals surface area contributed by atoms with E-state index in [0.717, 1.165) is 35.8 Å². The third-order valence-electron chi connectivity index (χ3n) is 5.16. The van der Waals surface area contributed by atoms with Gasteiger partial charge in [0, 0.05) is 18.1 Å². The van der Waals surface area contributed by atoms with Gasteiger partial charge >= 0.3 is 0 Å². The molecule has 1 N–H and O–H groups in total. The van der Waals surface area contributed by atoms with Gasteiger partial charge in [0.15, 0.2) is 0 Å². The van der Waals surface area contributed by atoms with Crippen LogP contribution in [0.5, 0.6) is 0 Å². The summed E-state index contributed by atoms with van der Waals surface area (Å²) in [6.07, 6.45) is 5.20. The largest absolute Gasteiger partial charge is 0.370 e. The smallest absolute Gasteiger partial charge is 0.259 e. The van der Waals surface area contributed by atoms with Crippen LogP contribution in [0.3, 0.4) is 0 Å². The lowest BCUT2D eigenvalue weighted by Gasteiger charge is -2.30. The number of benzene rings is 2. The van der Waals surface area contributed by atoms with Gasteiger partial charge in [-0.3, -0.25) is 4.79 Å². The number of rotatable bonds is 4. The second-order valence-electron chi connectivity index (χ2n) is 7.05. The van der Waals surface area contributed by atoms with E-state index in [1.54, 1.807) is 10.9 Å². The molecule has 1 aliphatic rings.